The summed E-state index contributed by atoms with van der Waals surface area (Å²) in [7, 11) is 0. The Bertz CT molecular complexity index is 169. The third kappa shape index (κ3) is 3.47. The molecular formula is C11H20O2. The molecule has 0 aromatic rings. The second-order valence-corrected chi connectivity index (χ2v) is 4.18. The van der Waals surface area contributed by atoms with Gasteiger partial charge in [-0.25, -0.2) is 0 Å². The highest BCUT2D eigenvalue weighted by atomic mass is 16.3. The van der Waals surface area contributed by atoms with E-state index in [-0.39, 0.29) is 5.78 Å². The summed E-state index contributed by atoms with van der Waals surface area (Å²) in [4.78, 5) is 11.1. The van der Waals surface area contributed by atoms with Crippen LogP contribution in [-0.4, -0.2) is 16.5 Å². The summed E-state index contributed by atoms with van der Waals surface area (Å²) in [5.41, 5.74) is -0.511. The van der Waals surface area contributed by atoms with Gasteiger partial charge in [-0.3, -0.25) is 4.79 Å². The molecule has 2 heteroatoms. The number of aliphatic hydroxyl groups is 1. The highest BCUT2D eigenvalue weighted by molar-refractivity contribution is 5.78. The number of carbonyl (C=O) groups is 1. The van der Waals surface area contributed by atoms with E-state index >= 15 is 0 Å². The van der Waals surface area contributed by atoms with Gasteiger partial charge in [-0.2, -0.15) is 0 Å². The molecule has 1 fully saturated rings. The normalized spacial score (nSPS) is 21.4. The number of rotatable bonds is 4. The molecule has 0 aromatic carbocycles. The van der Waals surface area contributed by atoms with Crippen LogP contribution in [0.1, 0.15) is 58.3 Å². The van der Waals surface area contributed by atoms with Gasteiger partial charge in [-0.15, -0.1) is 0 Å². The molecule has 1 aliphatic rings. The first kappa shape index (κ1) is 10.7. The Balaban J connectivity index is 2.28. The lowest BCUT2D eigenvalue weighted by atomic mass is 9.81. The van der Waals surface area contributed by atoms with Crippen LogP contribution in [0.5, 0.6) is 0 Å². The average molecular weight is 184 g/mol. The number of hydrogen-bond acceptors (Lipinski definition) is 2. The molecule has 76 valence electrons. The van der Waals surface area contributed by atoms with E-state index in [9.17, 15) is 9.90 Å². The van der Waals surface area contributed by atoms with Crippen molar-refractivity contribution in [1.29, 1.82) is 0 Å². The van der Waals surface area contributed by atoms with Crippen LogP contribution in [0.15, 0.2) is 0 Å². The van der Waals surface area contributed by atoms with Crippen molar-refractivity contribution in [3.63, 3.8) is 0 Å². The lowest BCUT2D eigenvalue weighted by molar-refractivity contribution is -0.120. The topological polar surface area (TPSA) is 37.3 Å². The molecule has 13 heavy (non-hydrogen) atoms. The van der Waals surface area contributed by atoms with Gasteiger partial charge in [0.15, 0.2) is 0 Å². The van der Waals surface area contributed by atoms with Crippen LogP contribution in [-0.2, 0) is 4.79 Å². The highest BCUT2D eigenvalue weighted by Gasteiger charge is 2.28. The summed E-state index contributed by atoms with van der Waals surface area (Å²) in [6.45, 7) is 1.88. The Morgan fingerprint density at radius 2 is 1.92 bits per heavy atom. The van der Waals surface area contributed by atoms with Crippen molar-refractivity contribution in [3.05, 3.63) is 0 Å². The first-order valence-corrected chi connectivity index (χ1v) is 5.40. The summed E-state index contributed by atoms with van der Waals surface area (Å²) >= 11 is 0. The summed E-state index contributed by atoms with van der Waals surface area (Å²) in [6.07, 6.45) is 7.12. The molecule has 0 heterocycles. The molecule has 1 rings (SSSR count). The Hall–Kier alpha value is -0.370. The van der Waals surface area contributed by atoms with Gasteiger partial charge in [-0.1, -0.05) is 26.2 Å². The largest absolute Gasteiger partial charge is 0.390 e. The Labute approximate surface area is 80.3 Å². The van der Waals surface area contributed by atoms with Gasteiger partial charge in [0, 0.05) is 12.8 Å². The fraction of sp³-hybridized carbons (Fsp3) is 0.909. The first-order valence-electron chi connectivity index (χ1n) is 5.40. The van der Waals surface area contributed by atoms with Crippen molar-refractivity contribution in [2.75, 3.05) is 0 Å². The monoisotopic (exact) mass is 184 g/mol. The van der Waals surface area contributed by atoms with Crippen LogP contribution in [0, 0.1) is 0 Å². The van der Waals surface area contributed by atoms with Gasteiger partial charge < -0.3 is 5.11 Å². The van der Waals surface area contributed by atoms with Crippen LogP contribution in [0.25, 0.3) is 0 Å². The van der Waals surface area contributed by atoms with Gasteiger partial charge in [0.1, 0.15) is 5.78 Å². The van der Waals surface area contributed by atoms with Gasteiger partial charge >= 0.3 is 0 Å². The summed E-state index contributed by atoms with van der Waals surface area (Å²) < 4.78 is 0. The maximum absolute atomic E-state index is 11.1. The molecule has 0 saturated heterocycles. The zero-order chi connectivity index (χ0) is 9.73. The van der Waals surface area contributed by atoms with Crippen LogP contribution >= 0.6 is 0 Å². The number of carbonyl (C=O) groups excluding carboxylic acids is 1. The van der Waals surface area contributed by atoms with E-state index in [0.29, 0.717) is 19.3 Å². The zero-order valence-corrected chi connectivity index (χ0v) is 8.51. The zero-order valence-electron chi connectivity index (χ0n) is 8.51. The van der Waals surface area contributed by atoms with E-state index in [1.54, 1.807) is 0 Å². The fourth-order valence-electron chi connectivity index (χ4n) is 2.01. The van der Waals surface area contributed by atoms with Crippen LogP contribution in [0.2, 0.25) is 0 Å². The number of Topliss-reactive ketones (excluding diaryl/α,β-unsaturated/α-hetero) is 1. The third-order valence-corrected chi connectivity index (χ3v) is 3.05. The summed E-state index contributed by atoms with van der Waals surface area (Å²) in [5.74, 6) is 0.277. The standard InChI is InChI=1S/C11H20O2/c1-2-10(12)6-9-11(13)7-4-3-5-8-11/h13H,2-9H2,1H3. The van der Waals surface area contributed by atoms with E-state index in [4.69, 9.17) is 0 Å². The molecule has 0 bridgehead atoms. The Morgan fingerprint density at radius 3 is 2.46 bits per heavy atom. The summed E-state index contributed by atoms with van der Waals surface area (Å²) in [5, 5.41) is 10.1. The van der Waals surface area contributed by atoms with Gasteiger partial charge in [-0.05, 0) is 19.3 Å². The SMILES string of the molecule is CCC(=O)CCC1(O)CCCCC1. The average Bonchev–Trinajstić information content (AvgIpc) is 2.15. The molecule has 0 atom stereocenters. The molecule has 0 amide bonds. The minimum atomic E-state index is -0.511. The molecule has 0 unspecified atom stereocenters. The van der Waals surface area contributed by atoms with Crippen molar-refractivity contribution in [3.8, 4) is 0 Å². The smallest absolute Gasteiger partial charge is 0.132 e. The molecule has 0 aliphatic heterocycles. The van der Waals surface area contributed by atoms with Crippen molar-refractivity contribution < 1.29 is 9.90 Å². The first-order chi connectivity index (χ1) is 6.16. The van der Waals surface area contributed by atoms with E-state index in [0.717, 1.165) is 25.7 Å². The highest BCUT2D eigenvalue weighted by Crippen LogP contribution is 2.31. The molecule has 1 saturated carbocycles. The van der Waals surface area contributed by atoms with Gasteiger partial charge in [0.25, 0.3) is 0 Å². The lowest BCUT2D eigenvalue weighted by Crippen LogP contribution is -2.31. The molecule has 0 radical (unpaired) electrons. The third-order valence-electron chi connectivity index (χ3n) is 3.05. The molecule has 1 N–H and O–H groups in total. The van der Waals surface area contributed by atoms with Crippen molar-refractivity contribution in [2.24, 2.45) is 0 Å². The van der Waals surface area contributed by atoms with Gasteiger partial charge in [0.2, 0.25) is 0 Å². The molecule has 2 nitrogen and oxygen atoms in total. The van der Waals surface area contributed by atoms with Crippen molar-refractivity contribution >= 4 is 5.78 Å². The van der Waals surface area contributed by atoms with Crippen LogP contribution < -0.4 is 0 Å². The van der Waals surface area contributed by atoms with Crippen molar-refractivity contribution in [2.45, 2.75) is 63.9 Å². The van der Waals surface area contributed by atoms with E-state index < -0.39 is 5.60 Å². The second kappa shape index (κ2) is 4.75. The number of hydrogen-bond donors (Lipinski definition) is 1. The Morgan fingerprint density at radius 1 is 1.31 bits per heavy atom. The summed E-state index contributed by atoms with van der Waals surface area (Å²) in [6, 6.07) is 0. The van der Waals surface area contributed by atoms with Crippen molar-refractivity contribution in [1.82, 2.24) is 0 Å². The molecule has 0 aromatic heterocycles. The van der Waals surface area contributed by atoms with Crippen LogP contribution in [0.3, 0.4) is 0 Å². The molecule has 1 aliphatic carbocycles. The number of ketones is 1. The van der Waals surface area contributed by atoms with E-state index in [1.165, 1.54) is 6.42 Å². The quantitative estimate of drug-likeness (QED) is 0.728. The maximum atomic E-state index is 11.1. The second-order valence-electron chi connectivity index (χ2n) is 4.18. The minimum absolute atomic E-state index is 0.277. The fourth-order valence-corrected chi connectivity index (χ4v) is 2.01. The molecule has 0 spiro atoms. The maximum Gasteiger partial charge on any atom is 0.132 e. The van der Waals surface area contributed by atoms with Gasteiger partial charge in [0.05, 0.1) is 5.60 Å². The molecular weight excluding hydrogens is 164 g/mol. The minimum Gasteiger partial charge on any atom is -0.390 e. The van der Waals surface area contributed by atoms with E-state index in [2.05, 4.69) is 0 Å². The lowest BCUT2D eigenvalue weighted by Gasteiger charge is -2.31. The predicted octanol–water partition coefficient (Wildman–Crippen LogP) is 2.44. The predicted molar refractivity (Wildman–Crippen MR) is 52.6 cm³/mol. The van der Waals surface area contributed by atoms with Crippen LogP contribution in [0.4, 0.5) is 0 Å². The Kier molecular flexibility index (Phi) is 3.91. The van der Waals surface area contributed by atoms with E-state index in [1.807, 2.05) is 6.92 Å².